The second kappa shape index (κ2) is 9.59. The van der Waals surface area contributed by atoms with E-state index in [0.29, 0.717) is 43.2 Å². The standard InChI is InChI=1S/C26H29N3O5/c1-5-34-26(32)22-23(20-16-17(2)6-11-21(20)27(3)25(22)31)28-12-14-29(15-13-28)24(30)18-7-9-19(33-4)10-8-18/h6-11,16H,5,12-15H2,1-4H3. The lowest BCUT2D eigenvalue weighted by atomic mass is 10.0. The van der Waals surface area contributed by atoms with Crippen LogP contribution in [0.2, 0.25) is 0 Å². The largest absolute Gasteiger partial charge is 0.497 e. The van der Waals surface area contributed by atoms with Crippen LogP contribution in [0.4, 0.5) is 5.69 Å². The van der Waals surface area contributed by atoms with Crippen molar-refractivity contribution in [3.63, 3.8) is 0 Å². The number of anilines is 1. The van der Waals surface area contributed by atoms with E-state index in [1.807, 2.05) is 30.0 Å². The zero-order valence-electron chi connectivity index (χ0n) is 20.0. The Morgan fingerprint density at radius 2 is 1.68 bits per heavy atom. The van der Waals surface area contributed by atoms with Gasteiger partial charge in [0.2, 0.25) is 0 Å². The Kier molecular flexibility index (Phi) is 6.58. The molecule has 0 saturated carbocycles. The molecule has 4 rings (SSSR count). The molecule has 0 radical (unpaired) electrons. The summed E-state index contributed by atoms with van der Waals surface area (Å²) < 4.78 is 11.9. The summed E-state index contributed by atoms with van der Waals surface area (Å²) in [6.07, 6.45) is 0. The van der Waals surface area contributed by atoms with Crippen LogP contribution >= 0.6 is 0 Å². The predicted molar refractivity (Wildman–Crippen MR) is 131 cm³/mol. The molecule has 0 N–H and O–H groups in total. The van der Waals surface area contributed by atoms with Gasteiger partial charge in [-0.3, -0.25) is 9.59 Å². The number of piperazine rings is 1. The quantitative estimate of drug-likeness (QED) is 0.541. The van der Waals surface area contributed by atoms with Crippen molar-refractivity contribution in [2.45, 2.75) is 13.8 Å². The normalized spacial score (nSPS) is 13.8. The number of pyridine rings is 1. The van der Waals surface area contributed by atoms with E-state index in [2.05, 4.69) is 0 Å². The molecule has 3 aromatic rings. The van der Waals surface area contributed by atoms with E-state index in [-0.39, 0.29) is 23.6 Å². The van der Waals surface area contributed by atoms with Crippen LogP contribution in [0.25, 0.3) is 10.9 Å². The number of rotatable bonds is 5. The van der Waals surface area contributed by atoms with Crippen molar-refractivity contribution in [1.82, 2.24) is 9.47 Å². The molecular weight excluding hydrogens is 434 g/mol. The van der Waals surface area contributed by atoms with E-state index in [9.17, 15) is 14.4 Å². The number of hydrogen-bond donors (Lipinski definition) is 0. The Labute approximate surface area is 198 Å². The molecule has 1 aromatic heterocycles. The van der Waals surface area contributed by atoms with Gasteiger partial charge in [-0.1, -0.05) is 11.6 Å². The van der Waals surface area contributed by atoms with Crippen LogP contribution in [0.5, 0.6) is 5.75 Å². The fourth-order valence-corrected chi connectivity index (χ4v) is 4.41. The topological polar surface area (TPSA) is 81.1 Å². The number of ether oxygens (including phenoxy) is 2. The summed E-state index contributed by atoms with van der Waals surface area (Å²) in [5.41, 5.74) is 2.60. The van der Waals surface area contributed by atoms with Crippen LogP contribution in [-0.4, -0.2) is 61.2 Å². The predicted octanol–water partition coefficient (Wildman–Crippen LogP) is 2.99. The molecule has 2 heterocycles. The number of esters is 1. The van der Waals surface area contributed by atoms with Gasteiger partial charge in [0.1, 0.15) is 11.3 Å². The smallest absolute Gasteiger partial charge is 0.345 e. The molecule has 0 bridgehead atoms. The number of carbonyl (C=O) groups is 2. The van der Waals surface area contributed by atoms with Crippen LogP contribution in [0.3, 0.4) is 0 Å². The molecule has 1 amide bonds. The van der Waals surface area contributed by atoms with Gasteiger partial charge in [0.25, 0.3) is 11.5 Å². The molecule has 2 aromatic carbocycles. The van der Waals surface area contributed by atoms with Gasteiger partial charge in [0, 0.05) is 44.2 Å². The average Bonchev–Trinajstić information content (AvgIpc) is 2.85. The van der Waals surface area contributed by atoms with E-state index in [1.54, 1.807) is 50.2 Å². The number of nitrogens with zero attached hydrogens (tertiary/aromatic N) is 3. The molecule has 8 heteroatoms. The minimum absolute atomic E-state index is 0.0392. The first kappa shape index (κ1) is 23.4. The highest BCUT2D eigenvalue weighted by Gasteiger charge is 2.30. The average molecular weight is 464 g/mol. The number of amides is 1. The maximum absolute atomic E-state index is 13.2. The Hall–Kier alpha value is -3.81. The maximum atomic E-state index is 13.2. The number of fused-ring (bicyclic) bond motifs is 1. The summed E-state index contributed by atoms with van der Waals surface area (Å²) >= 11 is 0. The number of aryl methyl sites for hydroxylation is 2. The fourth-order valence-electron chi connectivity index (χ4n) is 4.41. The molecule has 1 fully saturated rings. The van der Waals surface area contributed by atoms with Crippen LogP contribution in [0.1, 0.15) is 33.2 Å². The van der Waals surface area contributed by atoms with Gasteiger partial charge in [-0.15, -0.1) is 0 Å². The first-order chi connectivity index (χ1) is 16.3. The van der Waals surface area contributed by atoms with Crippen molar-refractivity contribution < 1.29 is 19.1 Å². The minimum Gasteiger partial charge on any atom is -0.497 e. The van der Waals surface area contributed by atoms with Crippen LogP contribution in [-0.2, 0) is 11.8 Å². The first-order valence-corrected chi connectivity index (χ1v) is 11.3. The van der Waals surface area contributed by atoms with Crippen molar-refractivity contribution in [2.75, 3.05) is 44.8 Å². The van der Waals surface area contributed by atoms with Crippen molar-refractivity contribution in [2.24, 2.45) is 7.05 Å². The Morgan fingerprint density at radius 3 is 2.29 bits per heavy atom. The molecule has 1 aliphatic rings. The van der Waals surface area contributed by atoms with Crippen molar-refractivity contribution in [1.29, 1.82) is 0 Å². The molecule has 0 atom stereocenters. The number of methoxy groups -OCH3 is 1. The summed E-state index contributed by atoms with van der Waals surface area (Å²) in [5, 5.41) is 0.820. The van der Waals surface area contributed by atoms with E-state index < -0.39 is 5.97 Å². The molecule has 0 unspecified atom stereocenters. The highest BCUT2D eigenvalue weighted by Crippen LogP contribution is 2.31. The summed E-state index contributed by atoms with van der Waals surface area (Å²) in [6.45, 7) is 5.79. The number of hydrogen-bond acceptors (Lipinski definition) is 6. The zero-order valence-corrected chi connectivity index (χ0v) is 20.0. The maximum Gasteiger partial charge on any atom is 0.345 e. The summed E-state index contributed by atoms with van der Waals surface area (Å²) in [6, 6.07) is 12.9. The van der Waals surface area contributed by atoms with E-state index >= 15 is 0 Å². The van der Waals surface area contributed by atoms with E-state index in [1.165, 1.54) is 4.57 Å². The second-order valence-electron chi connectivity index (χ2n) is 8.34. The highest BCUT2D eigenvalue weighted by atomic mass is 16.5. The van der Waals surface area contributed by atoms with Crippen molar-refractivity contribution in [3.8, 4) is 5.75 Å². The Morgan fingerprint density at radius 1 is 1.00 bits per heavy atom. The van der Waals surface area contributed by atoms with Crippen LogP contribution in [0.15, 0.2) is 47.3 Å². The molecule has 34 heavy (non-hydrogen) atoms. The summed E-state index contributed by atoms with van der Waals surface area (Å²) in [5.74, 6) is 0.0107. The van der Waals surface area contributed by atoms with Crippen LogP contribution < -0.4 is 15.2 Å². The van der Waals surface area contributed by atoms with Crippen LogP contribution in [0, 0.1) is 6.92 Å². The van der Waals surface area contributed by atoms with Gasteiger partial charge < -0.3 is 23.8 Å². The molecule has 1 aliphatic heterocycles. The number of aromatic nitrogens is 1. The lowest BCUT2D eigenvalue weighted by Crippen LogP contribution is -2.49. The van der Waals surface area contributed by atoms with Gasteiger partial charge >= 0.3 is 5.97 Å². The third-order valence-corrected chi connectivity index (χ3v) is 6.22. The summed E-state index contributed by atoms with van der Waals surface area (Å²) in [4.78, 5) is 42.9. The SMILES string of the molecule is CCOC(=O)c1c(N2CCN(C(=O)c3ccc(OC)cc3)CC2)c2cc(C)ccc2n(C)c1=O. The van der Waals surface area contributed by atoms with Gasteiger partial charge in [0.05, 0.1) is 24.9 Å². The monoisotopic (exact) mass is 463 g/mol. The summed E-state index contributed by atoms with van der Waals surface area (Å²) in [7, 11) is 3.25. The molecule has 0 aliphatic carbocycles. The minimum atomic E-state index is -0.627. The zero-order chi connectivity index (χ0) is 24.4. The van der Waals surface area contributed by atoms with Crippen molar-refractivity contribution >= 4 is 28.5 Å². The molecule has 1 saturated heterocycles. The van der Waals surface area contributed by atoms with Gasteiger partial charge in [-0.05, 0) is 50.2 Å². The second-order valence-corrected chi connectivity index (χ2v) is 8.34. The molecule has 0 spiro atoms. The Bertz CT molecular complexity index is 1290. The van der Waals surface area contributed by atoms with Gasteiger partial charge in [-0.2, -0.15) is 0 Å². The molecule has 8 nitrogen and oxygen atoms in total. The third kappa shape index (κ3) is 4.23. The van der Waals surface area contributed by atoms with Gasteiger partial charge in [0.15, 0.2) is 0 Å². The molecule has 178 valence electrons. The fraction of sp³-hybridized carbons (Fsp3) is 0.346. The van der Waals surface area contributed by atoms with Crippen molar-refractivity contribution in [3.05, 3.63) is 69.5 Å². The molecular formula is C26H29N3O5. The third-order valence-electron chi connectivity index (χ3n) is 6.22. The Balaban J connectivity index is 1.68. The number of carbonyl (C=O) groups excluding carboxylic acids is 2. The lowest BCUT2D eigenvalue weighted by Gasteiger charge is -2.37. The first-order valence-electron chi connectivity index (χ1n) is 11.3. The van der Waals surface area contributed by atoms with E-state index in [0.717, 1.165) is 16.5 Å². The lowest BCUT2D eigenvalue weighted by molar-refractivity contribution is 0.0523. The van der Waals surface area contributed by atoms with Gasteiger partial charge in [-0.25, -0.2) is 4.79 Å². The van der Waals surface area contributed by atoms with E-state index in [4.69, 9.17) is 9.47 Å². The highest BCUT2D eigenvalue weighted by molar-refractivity contribution is 6.05. The number of benzene rings is 2.